The highest BCUT2D eigenvalue weighted by Crippen LogP contribution is 2.06. The van der Waals surface area contributed by atoms with E-state index in [-0.39, 0.29) is 6.61 Å². The fourth-order valence-electron chi connectivity index (χ4n) is 1.29. The fourth-order valence-corrected chi connectivity index (χ4v) is 1.29. The Morgan fingerprint density at radius 2 is 2.31 bits per heavy atom. The van der Waals surface area contributed by atoms with Gasteiger partial charge in [-0.1, -0.05) is 6.92 Å². The van der Waals surface area contributed by atoms with Crippen LogP contribution in [0.5, 0.6) is 0 Å². The van der Waals surface area contributed by atoms with Crippen molar-refractivity contribution in [1.82, 2.24) is 9.97 Å². The smallest absolute Gasteiger partial charge is 0.224 e. The van der Waals surface area contributed by atoms with Gasteiger partial charge in [0.15, 0.2) is 0 Å². The Labute approximate surface area is 95.2 Å². The molecule has 0 saturated carbocycles. The maximum atomic E-state index is 8.76. The van der Waals surface area contributed by atoms with E-state index in [1.54, 1.807) is 6.07 Å². The highest BCUT2D eigenvalue weighted by molar-refractivity contribution is 5.32. The van der Waals surface area contributed by atoms with Crippen LogP contribution in [0.4, 0.5) is 5.95 Å². The van der Waals surface area contributed by atoms with Gasteiger partial charge in [-0.15, -0.1) is 0 Å². The van der Waals surface area contributed by atoms with Crippen LogP contribution in [-0.2, 0) is 0 Å². The summed E-state index contributed by atoms with van der Waals surface area (Å²) in [4.78, 5) is 8.22. The molecule has 1 aromatic rings. The highest BCUT2D eigenvalue weighted by atomic mass is 16.3. The van der Waals surface area contributed by atoms with E-state index in [0.717, 1.165) is 12.1 Å². The van der Waals surface area contributed by atoms with Gasteiger partial charge in [0.25, 0.3) is 0 Å². The molecular weight excluding hydrogens is 204 g/mol. The van der Waals surface area contributed by atoms with Gasteiger partial charge in [-0.05, 0) is 25.3 Å². The molecule has 0 aromatic carbocycles. The molecule has 2 N–H and O–H groups in total. The normalized spacial score (nSPS) is 11.9. The second-order valence-electron chi connectivity index (χ2n) is 3.83. The van der Waals surface area contributed by atoms with E-state index in [1.807, 2.05) is 19.9 Å². The zero-order valence-electron chi connectivity index (χ0n) is 9.56. The Hall–Kier alpha value is -1.67. The van der Waals surface area contributed by atoms with Crippen molar-refractivity contribution in [3.05, 3.63) is 17.5 Å². The van der Waals surface area contributed by atoms with Gasteiger partial charge in [0.05, 0.1) is 0 Å². The Morgan fingerprint density at radius 1 is 1.56 bits per heavy atom. The Morgan fingerprint density at radius 3 is 2.94 bits per heavy atom. The summed E-state index contributed by atoms with van der Waals surface area (Å²) in [6, 6.07) is 3.63. The third kappa shape index (κ3) is 3.83. The SMILES string of the molecule is Cc1cc(C#N)nc(NCC(C)CCO)n1. The van der Waals surface area contributed by atoms with E-state index in [1.165, 1.54) is 0 Å². The molecule has 0 radical (unpaired) electrons. The third-order valence-electron chi connectivity index (χ3n) is 2.20. The summed E-state index contributed by atoms with van der Waals surface area (Å²) in [5.41, 5.74) is 1.13. The fraction of sp³-hybridized carbons (Fsp3) is 0.545. The van der Waals surface area contributed by atoms with E-state index >= 15 is 0 Å². The minimum Gasteiger partial charge on any atom is -0.396 e. The van der Waals surface area contributed by atoms with Gasteiger partial charge >= 0.3 is 0 Å². The first-order chi connectivity index (χ1) is 7.65. The Bertz CT molecular complexity index is 386. The summed E-state index contributed by atoms with van der Waals surface area (Å²) in [5.74, 6) is 0.820. The quantitative estimate of drug-likeness (QED) is 0.776. The molecule has 5 heteroatoms. The predicted octanol–water partition coefficient (Wildman–Crippen LogP) is 1.09. The Kier molecular flexibility index (Phi) is 4.67. The molecule has 0 aliphatic carbocycles. The number of hydrogen-bond acceptors (Lipinski definition) is 5. The average molecular weight is 220 g/mol. The van der Waals surface area contributed by atoms with Crippen LogP contribution in [0.1, 0.15) is 24.7 Å². The van der Waals surface area contributed by atoms with Crippen LogP contribution in [0.15, 0.2) is 6.07 Å². The first-order valence-corrected chi connectivity index (χ1v) is 5.26. The zero-order chi connectivity index (χ0) is 12.0. The summed E-state index contributed by atoms with van der Waals surface area (Å²) in [5, 5.41) is 20.6. The topological polar surface area (TPSA) is 81.8 Å². The van der Waals surface area contributed by atoms with Crippen LogP contribution < -0.4 is 5.32 Å². The minimum atomic E-state index is 0.182. The average Bonchev–Trinajstić information content (AvgIpc) is 2.26. The highest BCUT2D eigenvalue weighted by Gasteiger charge is 2.04. The van der Waals surface area contributed by atoms with E-state index in [2.05, 4.69) is 15.3 Å². The number of aromatic nitrogens is 2. The molecule has 0 aliphatic rings. The van der Waals surface area contributed by atoms with E-state index in [0.29, 0.717) is 24.1 Å². The van der Waals surface area contributed by atoms with Gasteiger partial charge in [0, 0.05) is 18.8 Å². The zero-order valence-corrected chi connectivity index (χ0v) is 9.56. The lowest BCUT2D eigenvalue weighted by Gasteiger charge is -2.11. The molecule has 16 heavy (non-hydrogen) atoms. The van der Waals surface area contributed by atoms with Crippen LogP contribution in [-0.4, -0.2) is 28.2 Å². The summed E-state index contributed by atoms with van der Waals surface area (Å²) in [6.07, 6.45) is 0.740. The maximum Gasteiger partial charge on any atom is 0.224 e. The molecule has 0 fully saturated rings. The van der Waals surface area contributed by atoms with Crippen molar-refractivity contribution in [3.8, 4) is 6.07 Å². The second kappa shape index (κ2) is 6.03. The van der Waals surface area contributed by atoms with Crippen LogP contribution in [0.2, 0.25) is 0 Å². The van der Waals surface area contributed by atoms with Gasteiger partial charge in [0.2, 0.25) is 5.95 Å². The number of rotatable bonds is 5. The molecule has 1 aromatic heterocycles. The summed E-state index contributed by atoms with van der Waals surface area (Å²) >= 11 is 0. The molecule has 86 valence electrons. The minimum absolute atomic E-state index is 0.182. The van der Waals surface area contributed by atoms with Crippen molar-refractivity contribution in [3.63, 3.8) is 0 Å². The summed E-state index contributed by atoms with van der Waals surface area (Å²) in [7, 11) is 0. The lowest BCUT2D eigenvalue weighted by molar-refractivity contribution is 0.265. The number of hydrogen-bond donors (Lipinski definition) is 2. The van der Waals surface area contributed by atoms with Crippen molar-refractivity contribution >= 4 is 5.95 Å². The largest absolute Gasteiger partial charge is 0.396 e. The first-order valence-electron chi connectivity index (χ1n) is 5.26. The Balaban J connectivity index is 2.60. The monoisotopic (exact) mass is 220 g/mol. The molecule has 0 bridgehead atoms. The number of nitriles is 1. The molecule has 1 unspecified atom stereocenters. The van der Waals surface area contributed by atoms with Gasteiger partial charge in [-0.3, -0.25) is 0 Å². The lowest BCUT2D eigenvalue weighted by atomic mass is 10.1. The molecule has 0 saturated heterocycles. The standard InChI is InChI=1S/C11H16N4O/c1-8(3-4-16)7-13-11-14-9(2)5-10(6-12)15-11/h5,8,16H,3-4,7H2,1-2H3,(H,13,14,15). The lowest BCUT2D eigenvalue weighted by Crippen LogP contribution is -2.14. The van der Waals surface area contributed by atoms with Crippen LogP contribution in [0.3, 0.4) is 0 Å². The van der Waals surface area contributed by atoms with E-state index in [4.69, 9.17) is 10.4 Å². The molecular formula is C11H16N4O. The molecule has 1 atom stereocenters. The van der Waals surface area contributed by atoms with Crippen molar-refractivity contribution < 1.29 is 5.11 Å². The van der Waals surface area contributed by atoms with E-state index in [9.17, 15) is 0 Å². The number of nitrogens with zero attached hydrogens (tertiary/aromatic N) is 3. The molecule has 5 nitrogen and oxygen atoms in total. The van der Waals surface area contributed by atoms with Crippen molar-refractivity contribution in [2.24, 2.45) is 5.92 Å². The first kappa shape index (κ1) is 12.4. The van der Waals surface area contributed by atoms with Gasteiger partial charge in [-0.25, -0.2) is 9.97 Å². The number of aryl methyl sites for hydroxylation is 1. The molecule has 1 rings (SSSR count). The predicted molar refractivity (Wildman–Crippen MR) is 60.8 cm³/mol. The third-order valence-corrected chi connectivity index (χ3v) is 2.20. The van der Waals surface area contributed by atoms with Crippen LogP contribution in [0, 0.1) is 24.2 Å². The van der Waals surface area contributed by atoms with E-state index < -0.39 is 0 Å². The van der Waals surface area contributed by atoms with Crippen LogP contribution in [0.25, 0.3) is 0 Å². The van der Waals surface area contributed by atoms with Crippen LogP contribution >= 0.6 is 0 Å². The van der Waals surface area contributed by atoms with Crippen molar-refractivity contribution in [2.45, 2.75) is 20.3 Å². The maximum absolute atomic E-state index is 8.76. The number of aliphatic hydroxyl groups is 1. The van der Waals surface area contributed by atoms with Gasteiger partial charge in [-0.2, -0.15) is 5.26 Å². The summed E-state index contributed by atoms with van der Waals surface area (Å²) < 4.78 is 0. The van der Waals surface area contributed by atoms with Crippen molar-refractivity contribution in [2.75, 3.05) is 18.5 Å². The molecule has 1 heterocycles. The molecule has 0 spiro atoms. The molecule has 0 amide bonds. The number of nitrogens with one attached hydrogen (secondary N) is 1. The summed E-state index contributed by atoms with van der Waals surface area (Å²) in [6.45, 7) is 4.73. The van der Waals surface area contributed by atoms with Crippen molar-refractivity contribution in [1.29, 1.82) is 5.26 Å². The second-order valence-corrected chi connectivity index (χ2v) is 3.83. The number of aliphatic hydroxyl groups excluding tert-OH is 1. The van der Waals surface area contributed by atoms with Gasteiger partial charge < -0.3 is 10.4 Å². The number of anilines is 1. The molecule has 0 aliphatic heterocycles. The van der Waals surface area contributed by atoms with Gasteiger partial charge in [0.1, 0.15) is 11.8 Å².